The molecule has 2 aliphatic rings. The van der Waals surface area contributed by atoms with Crippen LogP contribution in [0, 0.1) is 5.92 Å². The van der Waals surface area contributed by atoms with Crippen LogP contribution in [-0.4, -0.2) is 78.8 Å². The molecule has 7 nitrogen and oxygen atoms in total. The van der Waals surface area contributed by atoms with E-state index in [1.807, 2.05) is 6.92 Å². The minimum atomic E-state index is -0.903. The molecule has 0 radical (unpaired) electrons. The Balaban J connectivity index is 1.79. The minimum Gasteiger partial charge on any atom is -0.480 e. The SMILES string of the molecule is CC1CCCN(C(=O)NCCN2CCNCC2)C1C(=O)O. The number of likely N-dealkylation sites (tertiary alicyclic amines) is 1. The standard InChI is InChI=1S/C14H26N4O3/c1-11-3-2-7-18(12(11)13(19)20)14(21)16-6-10-17-8-4-15-5-9-17/h11-12,15H,2-10H2,1H3,(H,16,21)(H,19,20). The van der Waals surface area contributed by atoms with Gasteiger partial charge < -0.3 is 20.6 Å². The van der Waals surface area contributed by atoms with Gasteiger partial charge in [0.25, 0.3) is 0 Å². The Kier molecular flexibility index (Phi) is 5.81. The number of urea groups is 1. The molecule has 0 aromatic carbocycles. The van der Waals surface area contributed by atoms with Gasteiger partial charge in [0.05, 0.1) is 0 Å². The third-order valence-electron chi connectivity index (χ3n) is 4.36. The number of piperidine rings is 1. The highest BCUT2D eigenvalue weighted by molar-refractivity contribution is 5.83. The first-order chi connectivity index (χ1) is 10.1. The van der Waals surface area contributed by atoms with Crippen LogP contribution in [0.4, 0.5) is 4.79 Å². The van der Waals surface area contributed by atoms with Gasteiger partial charge in [-0.15, -0.1) is 0 Å². The van der Waals surface area contributed by atoms with E-state index in [1.165, 1.54) is 4.90 Å². The number of hydrogen-bond donors (Lipinski definition) is 3. The summed E-state index contributed by atoms with van der Waals surface area (Å²) in [5.41, 5.74) is 0. The van der Waals surface area contributed by atoms with Crippen LogP contribution in [-0.2, 0) is 4.79 Å². The van der Waals surface area contributed by atoms with Gasteiger partial charge in [-0.25, -0.2) is 9.59 Å². The Labute approximate surface area is 125 Å². The number of nitrogens with zero attached hydrogens (tertiary/aromatic N) is 2. The number of carbonyl (C=O) groups excluding carboxylic acids is 1. The first-order valence-electron chi connectivity index (χ1n) is 7.80. The topological polar surface area (TPSA) is 84.9 Å². The Morgan fingerprint density at radius 3 is 2.67 bits per heavy atom. The first-order valence-corrected chi connectivity index (χ1v) is 7.80. The van der Waals surface area contributed by atoms with E-state index >= 15 is 0 Å². The van der Waals surface area contributed by atoms with Crippen molar-refractivity contribution >= 4 is 12.0 Å². The molecule has 2 heterocycles. The van der Waals surface area contributed by atoms with Crippen molar-refractivity contribution in [2.24, 2.45) is 5.92 Å². The van der Waals surface area contributed by atoms with E-state index in [-0.39, 0.29) is 11.9 Å². The third-order valence-corrected chi connectivity index (χ3v) is 4.36. The normalized spacial score (nSPS) is 27.4. The molecule has 2 amide bonds. The summed E-state index contributed by atoms with van der Waals surface area (Å²) < 4.78 is 0. The largest absolute Gasteiger partial charge is 0.480 e. The van der Waals surface area contributed by atoms with Gasteiger partial charge in [0, 0.05) is 45.8 Å². The molecule has 2 unspecified atom stereocenters. The average molecular weight is 298 g/mol. The van der Waals surface area contributed by atoms with Gasteiger partial charge >= 0.3 is 12.0 Å². The van der Waals surface area contributed by atoms with Gasteiger partial charge in [-0.1, -0.05) is 6.92 Å². The number of amides is 2. The van der Waals surface area contributed by atoms with Gasteiger partial charge in [0.1, 0.15) is 6.04 Å². The third kappa shape index (κ3) is 4.31. The molecule has 2 atom stereocenters. The molecule has 2 rings (SSSR count). The van der Waals surface area contributed by atoms with E-state index in [0.29, 0.717) is 13.1 Å². The maximum absolute atomic E-state index is 12.2. The Morgan fingerprint density at radius 1 is 1.29 bits per heavy atom. The number of piperazine rings is 1. The van der Waals surface area contributed by atoms with Gasteiger partial charge in [-0.2, -0.15) is 0 Å². The molecule has 7 heteroatoms. The molecule has 2 aliphatic heterocycles. The highest BCUT2D eigenvalue weighted by Gasteiger charge is 2.36. The lowest BCUT2D eigenvalue weighted by Gasteiger charge is -2.37. The predicted octanol–water partition coefficient (Wildman–Crippen LogP) is -0.214. The molecule has 21 heavy (non-hydrogen) atoms. The predicted molar refractivity (Wildman–Crippen MR) is 79.2 cm³/mol. The summed E-state index contributed by atoms with van der Waals surface area (Å²) >= 11 is 0. The van der Waals surface area contributed by atoms with Gasteiger partial charge in [-0.05, 0) is 18.8 Å². The van der Waals surface area contributed by atoms with Crippen LogP contribution in [0.3, 0.4) is 0 Å². The van der Waals surface area contributed by atoms with Crippen molar-refractivity contribution in [2.45, 2.75) is 25.8 Å². The highest BCUT2D eigenvalue weighted by atomic mass is 16.4. The zero-order chi connectivity index (χ0) is 15.2. The van der Waals surface area contributed by atoms with Crippen molar-refractivity contribution in [3.63, 3.8) is 0 Å². The fourth-order valence-corrected chi connectivity index (χ4v) is 3.15. The van der Waals surface area contributed by atoms with E-state index in [0.717, 1.165) is 45.6 Å². The summed E-state index contributed by atoms with van der Waals surface area (Å²) in [4.78, 5) is 27.4. The summed E-state index contributed by atoms with van der Waals surface area (Å²) in [5.74, 6) is -0.894. The zero-order valence-electron chi connectivity index (χ0n) is 12.7. The second-order valence-corrected chi connectivity index (χ2v) is 5.92. The van der Waals surface area contributed by atoms with Crippen molar-refractivity contribution in [2.75, 3.05) is 45.8 Å². The van der Waals surface area contributed by atoms with Crippen LogP contribution < -0.4 is 10.6 Å². The average Bonchev–Trinajstić information content (AvgIpc) is 2.47. The van der Waals surface area contributed by atoms with E-state index in [2.05, 4.69) is 15.5 Å². The molecule has 3 N–H and O–H groups in total. The van der Waals surface area contributed by atoms with E-state index in [4.69, 9.17) is 0 Å². The summed E-state index contributed by atoms with van der Waals surface area (Å²) in [6.45, 7) is 7.77. The molecule has 0 bridgehead atoms. The lowest BCUT2D eigenvalue weighted by Crippen LogP contribution is -2.56. The maximum atomic E-state index is 12.2. The van der Waals surface area contributed by atoms with Crippen LogP contribution in [0.5, 0.6) is 0 Å². The van der Waals surface area contributed by atoms with Crippen LogP contribution in [0.2, 0.25) is 0 Å². The molecule has 0 spiro atoms. The fraction of sp³-hybridized carbons (Fsp3) is 0.857. The number of carboxylic acid groups (broad SMARTS) is 1. The number of rotatable bonds is 4. The Bertz CT molecular complexity index is 371. The molecule has 2 fully saturated rings. The van der Waals surface area contributed by atoms with Crippen molar-refractivity contribution in [3.8, 4) is 0 Å². The van der Waals surface area contributed by atoms with Crippen LogP contribution in [0.15, 0.2) is 0 Å². The number of aliphatic carboxylic acids is 1. The van der Waals surface area contributed by atoms with Gasteiger partial charge in [-0.3, -0.25) is 4.90 Å². The summed E-state index contributed by atoms with van der Waals surface area (Å²) in [7, 11) is 0. The second-order valence-electron chi connectivity index (χ2n) is 5.92. The molecule has 0 aromatic heterocycles. The highest BCUT2D eigenvalue weighted by Crippen LogP contribution is 2.23. The molecule has 2 saturated heterocycles. The lowest BCUT2D eigenvalue weighted by molar-refractivity contribution is -0.145. The summed E-state index contributed by atoms with van der Waals surface area (Å²) in [6, 6.07) is -0.943. The first kappa shape index (κ1) is 16.0. The number of hydrogen-bond acceptors (Lipinski definition) is 4. The molecule has 120 valence electrons. The number of carbonyl (C=O) groups is 2. The molecular formula is C14H26N4O3. The van der Waals surface area contributed by atoms with Crippen LogP contribution in [0.1, 0.15) is 19.8 Å². The minimum absolute atomic E-state index is 0.00942. The van der Waals surface area contributed by atoms with Crippen molar-refractivity contribution < 1.29 is 14.7 Å². The monoisotopic (exact) mass is 298 g/mol. The summed E-state index contributed by atoms with van der Waals surface area (Å²) in [6.07, 6.45) is 1.73. The van der Waals surface area contributed by atoms with Crippen LogP contribution >= 0.6 is 0 Å². The lowest BCUT2D eigenvalue weighted by atomic mass is 9.91. The van der Waals surface area contributed by atoms with E-state index in [9.17, 15) is 14.7 Å². The van der Waals surface area contributed by atoms with Gasteiger partial charge in [0.2, 0.25) is 0 Å². The van der Waals surface area contributed by atoms with Crippen molar-refractivity contribution in [3.05, 3.63) is 0 Å². The Morgan fingerprint density at radius 2 is 2.00 bits per heavy atom. The quantitative estimate of drug-likeness (QED) is 0.668. The fourth-order valence-electron chi connectivity index (χ4n) is 3.15. The van der Waals surface area contributed by atoms with Crippen molar-refractivity contribution in [1.82, 2.24) is 20.4 Å². The van der Waals surface area contributed by atoms with Crippen molar-refractivity contribution in [1.29, 1.82) is 0 Å². The van der Waals surface area contributed by atoms with E-state index < -0.39 is 12.0 Å². The van der Waals surface area contributed by atoms with Gasteiger partial charge in [0.15, 0.2) is 0 Å². The second kappa shape index (κ2) is 7.61. The van der Waals surface area contributed by atoms with Crippen LogP contribution in [0.25, 0.3) is 0 Å². The maximum Gasteiger partial charge on any atom is 0.326 e. The molecule has 0 saturated carbocycles. The zero-order valence-corrected chi connectivity index (χ0v) is 12.7. The molecule has 0 aliphatic carbocycles. The number of carboxylic acids is 1. The Hall–Kier alpha value is -1.34. The smallest absolute Gasteiger partial charge is 0.326 e. The number of nitrogens with one attached hydrogen (secondary N) is 2. The van der Waals surface area contributed by atoms with E-state index in [1.54, 1.807) is 0 Å². The summed E-state index contributed by atoms with van der Waals surface area (Å²) in [5, 5.41) is 15.5. The molecule has 0 aromatic rings. The molecular weight excluding hydrogens is 272 g/mol.